The van der Waals surface area contributed by atoms with Crippen molar-refractivity contribution in [2.75, 3.05) is 38.8 Å². The van der Waals surface area contributed by atoms with Crippen molar-refractivity contribution in [1.82, 2.24) is 25.4 Å². The molecule has 0 fully saturated rings. The molecule has 0 aliphatic heterocycles. The van der Waals surface area contributed by atoms with Gasteiger partial charge in [0.1, 0.15) is 12.4 Å². The first-order valence-corrected chi connectivity index (χ1v) is 12.1. The molecule has 0 saturated carbocycles. The first kappa shape index (κ1) is 28.3. The summed E-state index contributed by atoms with van der Waals surface area (Å²) in [6.45, 7) is 6.74. The first-order chi connectivity index (χ1) is 15.1. The van der Waals surface area contributed by atoms with E-state index in [-0.39, 0.29) is 24.0 Å². The molecular formula is C22H37IN6O2S. The summed E-state index contributed by atoms with van der Waals surface area (Å²) < 4.78 is 13.0. The number of aryl methyl sites for hydroxylation is 2. The molecule has 1 aromatic carbocycles. The Morgan fingerprint density at radius 3 is 2.53 bits per heavy atom. The topological polar surface area (TPSA) is 85.6 Å². The van der Waals surface area contributed by atoms with E-state index in [9.17, 15) is 0 Å². The molecule has 0 spiro atoms. The fraction of sp³-hybridized carbons (Fsp3) is 0.591. The third-order valence-corrected chi connectivity index (χ3v) is 5.54. The van der Waals surface area contributed by atoms with Crippen molar-refractivity contribution in [1.29, 1.82) is 0 Å². The average Bonchev–Trinajstić information content (AvgIpc) is 3.10. The number of aromatic nitrogens is 3. The van der Waals surface area contributed by atoms with Gasteiger partial charge in [0.05, 0.1) is 13.7 Å². The van der Waals surface area contributed by atoms with Gasteiger partial charge in [-0.3, -0.25) is 0 Å². The lowest BCUT2D eigenvalue weighted by atomic mass is 10.1. The zero-order valence-corrected chi connectivity index (χ0v) is 23.0. The maximum Gasteiger partial charge on any atom is 0.191 e. The van der Waals surface area contributed by atoms with Crippen LogP contribution in [0.4, 0.5) is 0 Å². The Balaban J connectivity index is 0.00000512. The number of nitrogens with one attached hydrogen (secondary N) is 2. The summed E-state index contributed by atoms with van der Waals surface area (Å²) in [7, 11) is 3.63. The van der Waals surface area contributed by atoms with Gasteiger partial charge in [-0.05, 0) is 62.8 Å². The van der Waals surface area contributed by atoms with E-state index in [2.05, 4.69) is 39.2 Å². The number of methoxy groups -OCH3 is 1. The number of hydrogen-bond acceptors (Lipinski definition) is 6. The summed E-state index contributed by atoms with van der Waals surface area (Å²) in [6, 6.07) is 6.12. The zero-order valence-electron chi connectivity index (χ0n) is 19.8. The zero-order chi connectivity index (χ0) is 22.5. The van der Waals surface area contributed by atoms with Gasteiger partial charge in [0.25, 0.3) is 0 Å². The van der Waals surface area contributed by atoms with Crippen LogP contribution >= 0.6 is 35.7 Å². The number of hydrogen-bond donors (Lipinski definition) is 2. The summed E-state index contributed by atoms with van der Waals surface area (Å²) in [6.07, 6.45) is 5.14. The molecular weight excluding hydrogens is 539 g/mol. The van der Waals surface area contributed by atoms with Crippen LogP contribution in [-0.4, -0.2) is 59.5 Å². The van der Waals surface area contributed by atoms with E-state index < -0.39 is 0 Å². The Bertz CT molecular complexity index is 831. The fourth-order valence-electron chi connectivity index (χ4n) is 2.98. The number of thioether (sulfide) groups is 1. The number of rotatable bonds is 13. The molecule has 0 atom stereocenters. The van der Waals surface area contributed by atoms with Crippen LogP contribution in [0.5, 0.6) is 11.5 Å². The van der Waals surface area contributed by atoms with Crippen LogP contribution in [-0.2, 0) is 20.0 Å². The Morgan fingerprint density at radius 1 is 1.16 bits per heavy atom. The van der Waals surface area contributed by atoms with Crippen LogP contribution in [0.25, 0.3) is 0 Å². The van der Waals surface area contributed by atoms with Crippen molar-refractivity contribution >= 4 is 41.7 Å². The minimum atomic E-state index is 0. The summed E-state index contributed by atoms with van der Waals surface area (Å²) in [5.74, 6) is 5.25. The highest BCUT2D eigenvalue weighted by atomic mass is 127. The van der Waals surface area contributed by atoms with Crippen molar-refractivity contribution in [3.63, 3.8) is 0 Å². The van der Waals surface area contributed by atoms with Crippen LogP contribution in [0.1, 0.15) is 37.0 Å². The van der Waals surface area contributed by atoms with E-state index in [0.29, 0.717) is 13.2 Å². The molecule has 0 amide bonds. The highest BCUT2D eigenvalue weighted by Gasteiger charge is 2.07. The molecule has 0 saturated heterocycles. The van der Waals surface area contributed by atoms with Gasteiger partial charge in [-0.15, -0.1) is 34.2 Å². The largest absolute Gasteiger partial charge is 0.493 e. The molecule has 180 valence electrons. The molecule has 2 rings (SSSR count). The highest BCUT2D eigenvalue weighted by Crippen LogP contribution is 2.28. The maximum atomic E-state index is 5.68. The normalized spacial score (nSPS) is 11.1. The molecule has 10 heteroatoms. The van der Waals surface area contributed by atoms with Crippen LogP contribution in [0.3, 0.4) is 0 Å². The van der Waals surface area contributed by atoms with Gasteiger partial charge >= 0.3 is 0 Å². The van der Waals surface area contributed by atoms with Gasteiger partial charge in [-0.1, -0.05) is 6.07 Å². The molecule has 0 unspecified atom stereocenters. The van der Waals surface area contributed by atoms with Gasteiger partial charge in [-0.2, -0.15) is 11.8 Å². The molecule has 0 aliphatic rings. The van der Waals surface area contributed by atoms with E-state index in [0.717, 1.165) is 67.2 Å². The number of benzene rings is 1. The SMILES string of the molecule is CCOc1cc(CCCNC(=NCc2nnc(C)n2C)NCCCSC)ccc1OC.I. The molecule has 8 nitrogen and oxygen atoms in total. The highest BCUT2D eigenvalue weighted by molar-refractivity contribution is 14.0. The summed E-state index contributed by atoms with van der Waals surface area (Å²) in [4.78, 5) is 4.70. The molecule has 1 heterocycles. The van der Waals surface area contributed by atoms with Crippen molar-refractivity contribution in [2.24, 2.45) is 12.0 Å². The number of aliphatic imine (C=N–C) groups is 1. The number of nitrogens with zero attached hydrogens (tertiary/aromatic N) is 4. The number of halogens is 1. The molecule has 32 heavy (non-hydrogen) atoms. The molecule has 2 N–H and O–H groups in total. The summed E-state index contributed by atoms with van der Waals surface area (Å²) in [5.41, 5.74) is 1.23. The van der Waals surface area contributed by atoms with Crippen molar-refractivity contribution in [3.05, 3.63) is 35.4 Å². The van der Waals surface area contributed by atoms with E-state index in [1.807, 2.05) is 43.3 Å². The van der Waals surface area contributed by atoms with E-state index >= 15 is 0 Å². The van der Waals surface area contributed by atoms with Crippen molar-refractivity contribution < 1.29 is 9.47 Å². The predicted molar refractivity (Wildman–Crippen MR) is 144 cm³/mol. The lowest BCUT2D eigenvalue weighted by Gasteiger charge is -2.13. The van der Waals surface area contributed by atoms with E-state index in [1.165, 1.54) is 5.56 Å². The van der Waals surface area contributed by atoms with Crippen LogP contribution in [0.15, 0.2) is 23.2 Å². The Morgan fingerprint density at radius 2 is 1.91 bits per heavy atom. The lowest BCUT2D eigenvalue weighted by Crippen LogP contribution is -2.38. The Labute approximate surface area is 213 Å². The quantitative estimate of drug-likeness (QED) is 0.163. The lowest BCUT2D eigenvalue weighted by molar-refractivity contribution is 0.310. The monoisotopic (exact) mass is 576 g/mol. The van der Waals surface area contributed by atoms with Gasteiger partial charge < -0.3 is 24.7 Å². The average molecular weight is 577 g/mol. The minimum absolute atomic E-state index is 0. The van der Waals surface area contributed by atoms with Crippen LogP contribution in [0, 0.1) is 6.92 Å². The van der Waals surface area contributed by atoms with Crippen LogP contribution < -0.4 is 20.1 Å². The van der Waals surface area contributed by atoms with Gasteiger partial charge in [0, 0.05) is 20.1 Å². The van der Waals surface area contributed by atoms with Gasteiger partial charge in [0.15, 0.2) is 23.3 Å². The third kappa shape index (κ3) is 9.43. The van der Waals surface area contributed by atoms with Crippen molar-refractivity contribution in [3.8, 4) is 11.5 Å². The Kier molecular flexibility index (Phi) is 14.2. The standard InChI is InChI=1S/C22H36N6O2S.HI/c1-6-30-20-15-18(10-11-19(20)29-4)9-7-12-23-22(24-13-8-14-31-5)25-16-21-27-26-17(2)28(21)3;/h10-11,15H,6-9,12-14,16H2,1-5H3,(H2,23,24,25);1H. The summed E-state index contributed by atoms with van der Waals surface area (Å²) in [5, 5.41) is 15.2. The van der Waals surface area contributed by atoms with Gasteiger partial charge in [-0.25, -0.2) is 4.99 Å². The van der Waals surface area contributed by atoms with Crippen LogP contribution in [0.2, 0.25) is 0 Å². The first-order valence-electron chi connectivity index (χ1n) is 10.7. The van der Waals surface area contributed by atoms with Gasteiger partial charge in [0.2, 0.25) is 0 Å². The predicted octanol–water partition coefficient (Wildman–Crippen LogP) is 3.57. The van der Waals surface area contributed by atoms with E-state index in [1.54, 1.807) is 7.11 Å². The number of guanidine groups is 1. The second-order valence-electron chi connectivity index (χ2n) is 7.11. The molecule has 1 aromatic heterocycles. The number of ether oxygens (including phenoxy) is 2. The second-order valence-corrected chi connectivity index (χ2v) is 8.09. The minimum Gasteiger partial charge on any atom is -0.493 e. The fourth-order valence-corrected chi connectivity index (χ4v) is 3.41. The Hall–Kier alpha value is -1.69. The molecule has 0 aliphatic carbocycles. The van der Waals surface area contributed by atoms with Crippen molar-refractivity contribution in [2.45, 2.75) is 39.7 Å². The molecule has 0 radical (unpaired) electrons. The third-order valence-electron chi connectivity index (χ3n) is 4.84. The van der Waals surface area contributed by atoms with E-state index in [4.69, 9.17) is 14.5 Å². The summed E-state index contributed by atoms with van der Waals surface area (Å²) >= 11 is 1.85. The smallest absolute Gasteiger partial charge is 0.191 e. The maximum absolute atomic E-state index is 5.68. The second kappa shape index (κ2) is 16.0. The molecule has 0 bridgehead atoms. The molecule has 2 aromatic rings.